The molecule has 2 rings (SSSR count). The fraction of sp³-hybridized carbons (Fsp3) is 0.500. The van der Waals surface area contributed by atoms with Crippen LogP contribution in [-0.4, -0.2) is 28.6 Å². The molecule has 0 unspecified atom stereocenters. The Balaban J connectivity index is 1.84. The van der Waals surface area contributed by atoms with Gasteiger partial charge in [-0.3, -0.25) is 14.9 Å². The first-order chi connectivity index (χ1) is 8.06. The van der Waals surface area contributed by atoms with Gasteiger partial charge >= 0.3 is 5.00 Å². The summed E-state index contributed by atoms with van der Waals surface area (Å²) in [5.74, 6) is 0.0355. The van der Waals surface area contributed by atoms with Crippen molar-refractivity contribution in [3.05, 3.63) is 27.1 Å². The second-order valence-electron chi connectivity index (χ2n) is 4.10. The minimum atomic E-state index is -0.510. The summed E-state index contributed by atoms with van der Waals surface area (Å²) in [6.07, 6.45) is 1.19. The van der Waals surface area contributed by atoms with Gasteiger partial charge < -0.3 is 10.4 Å². The van der Waals surface area contributed by atoms with E-state index in [1.54, 1.807) is 0 Å². The average Bonchev–Trinajstić information content (AvgIpc) is 2.71. The number of aliphatic hydroxyl groups is 1. The van der Waals surface area contributed by atoms with E-state index in [0.717, 1.165) is 11.3 Å². The highest BCUT2D eigenvalue weighted by Crippen LogP contribution is 2.27. The van der Waals surface area contributed by atoms with E-state index in [0.29, 0.717) is 30.2 Å². The maximum Gasteiger partial charge on any atom is 0.324 e. The standard InChI is InChI=1S/C10H12N2O4S/c13-7-3-6(4-7)5-11-10(14)8-1-2-9(17-8)12(15)16/h1-2,6-7,13H,3-5H2,(H,11,14). The van der Waals surface area contributed by atoms with Crippen molar-refractivity contribution in [3.63, 3.8) is 0 Å². The molecule has 0 atom stereocenters. The number of nitrogens with one attached hydrogen (secondary N) is 1. The van der Waals surface area contributed by atoms with Gasteiger partial charge in [0.05, 0.1) is 15.9 Å². The molecule has 1 amide bonds. The molecule has 1 saturated carbocycles. The molecule has 1 aliphatic carbocycles. The van der Waals surface area contributed by atoms with Crippen molar-refractivity contribution in [2.45, 2.75) is 18.9 Å². The van der Waals surface area contributed by atoms with Crippen LogP contribution in [0.15, 0.2) is 12.1 Å². The van der Waals surface area contributed by atoms with Crippen LogP contribution in [0.4, 0.5) is 5.00 Å². The zero-order valence-corrected chi connectivity index (χ0v) is 9.77. The summed E-state index contributed by atoms with van der Waals surface area (Å²) in [4.78, 5) is 21.9. The van der Waals surface area contributed by atoms with Crippen LogP contribution in [0.5, 0.6) is 0 Å². The van der Waals surface area contributed by atoms with Crippen LogP contribution < -0.4 is 5.32 Å². The van der Waals surface area contributed by atoms with Crippen LogP contribution in [0, 0.1) is 16.0 Å². The van der Waals surface area contributed by atoms with Crippen LogP contribution in [0.25, 0.3) is 0 Å². The number of carbonyl (C=O) groups is 1. The van der Waals surface area contributed by atoms with E-state index in [1.165, 1.54) is 12.1 Å². The van der Waals surface area contributed by atoms with Crippen molar-refractivity contribution in [1.29, 1.82) is 0 Å². The fourth-order valence-corrected chi connectivity index (χ4v) is 2.48. The first-order valence-corrected chi connectivity index (χ1v) is 6.08. The molecule has 1 fully saturated rings. The zero-order valence-electron chi connectivity index (χ0n) is 8.96. The van der Waals surface area contributed by atoms with Crippen molar-refractivity contribution in [1.82, 2.24) is 5.32 Å². The number of nitrogens with zero attached hydrogens (tertiary/aromatic N) is 1. The van der Waals surface area contributed by atoms with Gasteiger partial charge in [-0.2, -0.15) is 0 Å². The van der Waals surface area contributed by atoms with Crippen LogP contribution >= 0.6 is 11.3 Å². The minimum Gasteiger partial charge on any atom is -0.393 e. The van der Waals surface area contributed by atoms with Gasteiger partial charge in [-0.15, -0.1) is 0 Å². The molecule has 2 N–H and O–H groups in total. The summed E-state index contributed by atoms with van der Waals surface area (Å²) in [5, 5.41) is 22.2. The van der Waals surface area contributed by atoms with E-state index >= 15 is 0 Å². The molecule has 0 radical (unpaired) electrons. The predicted molar refractivity (Wildman–Crippen MR) is 62.0 cm³/mol. The Labute approximate surface area is 101 Å². The number of rotatable bonds is 4. The molecule has 1 aliphatic rings. The quantitative estimate of drug-likeness (QED) is 0.624. The Hall–Kier alpha value is -1.47. The smallest absolute Gasteiger partial charge is 0.324 e. The number of nitro groups is 1. The molecule has 0 aliphatic heterocycles. The van der Waals surface area contributed by atoms with Gasteiger partial charge in [0.1, 0.15) is 0 Å². The lowest BCUT2D eigenvalue weighted by Crippen LogP contribution is -2.38. The average molecular weight is 256 g/mol. The first-order valence-electron chi connectivity index (χ1n) is 5.26. The Morgan fingerprint density at radius 2 is 2.29 bits per heavy atom. The lowest BCUT2D eigenvalue weighted by Gasteiger charge is -2.31. The van der Waals surface area contributed by atoms with Crippen molar-refractivity contribution in [3.8, 4) is 0 Å². The molecule has 0 aromatic carbocycles. The Morgan fingerprint density at radius 1 is 1.59 bits per heavy atom. The lowest BCUT2D eigenvalue weighted by molar-refractivity contribution is -0.380. The molecule has 0 saturated heterocycles. The third-order valence-electron chi connectivity index (χ3n) is 2.76. The molecular weight excluding hydrogens is 244 g/mol. The molecule has 17 heavy (non-hydrogen) atoms. The van der Waals surface area contributed by atoms with Crippen molar-refractivity contribution < 1.29 is 14.8 Å². The minimum absolute atomic E-state index is 0.0331. The molecule has 1 heterocycles. The van der Waals surface area contributed by atoms with E-state index < -0.39 is 4.92 Å². The molecule has 0 spiro atoms. The summed E-state index contributed by atoms with van der Waals surface area (Å²) in [6.45, 7) is 0.515. The number of thiophene rings is 1. The SMILES string of the molecule is O=C(NCC1CC(O)C1)c1ccc([N+](=O)[O-])s1. The van der Waals surface area contributed by atoms with E-state index in [2.05, 4.69) is 5.32 Å². The lowest BCUT2D eigenvalue weighted by atomic mass is 9.82. The number of hydrogen-bond acceptors (Lipinski definition) is 5. The summed E-state index contributed by atoms with van der Waals surface area (Å²) >= 11 is 0.866. The Morgan fingerprint density at radius 3 is 2.82 bits per heavy atom. The summed E-state index contributed by atoms with van der Waals surface area (Å²) < 4.78 is 0. The van der Waals surface area contributed by atoms with Crippen molar-refractivity contribution >= 4 is 22.2 Å². The predicted octanol–water partition coefficient (Wildman–Crippen LogP) is 1.16. The van der Waals surface area contributed by atoms with Gasteiger partial charge in [0.2, 0.25) is 0 Å². The van der Waals surface area contributed by atoms with Crippen LogP contribution in [0.3, 0.4) is 0 Å². The van der Waals surface area contributed by atoms with Crippen LogP contribution in [0.2, 0.25) is 0 Å². The van der Waals surface area contributed by atoms with E-state index in [9.17, 15) is 14.9 Å². The van der Waals surface area contributed by atoms with Crippen molar-refractivity contribution in [2.24, 2.45) is 5.92 Å². The maximum absolute atomic E-state index is 11.6. The van der Waals surface area contributed by atoms with Crippen LogP contribution in [-0.2, 0) is 0 Å². The molecule has 1 aromatic heterocycles. The molecule has 1 aromatic rings. The van der Waals surface area contributed by atoms with Gasteiger partial charge in [-0.1, -0.05) is 11.3 Å². The van der Waals surface area contributed by atoms with Crippen molar-refractivity contribution in [2.75, 3.05) is 6.54 Å². The third kappa shape index (κ3) is 2.80. The topological polar surface area (TPSA) is 92.5 Å². The highest BCUT2D eigenvalue weighted by molar-refractivity contribution is 7.17. The Kier molecular flexibility index (Phi) is 3.39. The number of aliphatic hydroxyl groups excluding tert-OH is 1. The maximum atomic E-state index is 11.6. The highest BCUT2D eigenvalue weighted by atomic mass is 32.1. The van der Waals surface area contributed by atoms with Crippen LogP contribution in [0.1, 0.15) is 22.5 Å². The van der Waals surface area contributed by atoms with Gasteiger partial charge in [0.15, 0.2) is 0 Å². The molecule has 6 nitrogen and oxygen atoms in total. The largest absolute Gasteiger partial charge is 0.393 e. The monoisotopic (exact) mass is 256 g/mol. The first kappa shape index (κ1) is 12.0. The Bertz CT molecular complexity index is 439. The molecule has 0 bridgehead atoms. The van der Waals surface area contributed by atoms with E-state index in [1.807, 2.05) is 0 Å². The number of carbonyl (C=O) groups excluding carboxylic acids is 1. The fourth-order valence-electron chi connectivity index (χ4n) is 1.74. The normalized spacial score (nSPS) is 22.9. The number of hydrogen-bond donors (Lipinski definition) is 2. The third-order valence-corrected chi connectivity index (χ3v) is 3.79. The second-order valence-corrected chi connectivity index (χ2v) is 5.16. The molecular formula is C10H12N2O4S. The summed E-state index contributed by atoms with van der Waals surface area (Å²) in [6, 6.07) is 2.78. The zero-order chi connectivity index (χ0) is 12.4. The van der Waals surface area contributed by atoms with Gasteiger partial charge in [0.25, 0.3) is 5.91 Å². The van der Waals surface area contributed by atoms with Gasteiger partial charge in [-0.25, -0.2) is 0 Å². The van der Waals surface area contributed by atoms with E-state index in [-0.39, 0.29) is 17.0 Å². The highest BCUT2D eigenvalue weighted by Gasteiger charge is 2.27. The van der Waals surface area contributed by atoms with Gasteiger partial charge in [0, 0.05) is 12.6 Å². The molecule has 7 heteroatoms. The number of amides is 1. The summed E-state index contributed by atoms with van der Waals surface area (Å²) in [5.41, 5.74) is 0. The second kappa shape index (κ2) is 4.80. The molecule has 92 valence electrons. The van der Waals surface area contributed by atoms with E-state index in [4.69, 9.17) is 5.11 Å². The van der Waals surface area contributed by atoms with Gasteiger partial charge in [-0.05, 0) is 24.8 Å². The summed E-state index contributed by atoms with van der Waals surface area (Å²) in [7, 11) is 0.